The number of amides is 3. The van der Waals surface area contributed by atoms with E-state index in [0.29, 0.717) is 24.8 Å². The maximum atomic E-state index is 12.9. The minimum absolute atomic E-state index is 0.0565. The first-order valence-corrected chi connectivity index (χ1v) is 9.76. The highest BCUT2D eigenvalue weighted by atomic mass is 16.6. The Morgan fingerprint density at radius 3 is 2.41 bits per heavy atom. The second kappa shape index (κ2) is 6.66. The van der Waals surface area contributed by atoms with Crippen molar-refractivity contribution in [3.8, 4) is 0 Å². The van der Waals surface area contributed by atoms with Gasteiger partial charge in [-0.1, -0.05) is 51.1 Å². The normalized spacial score (nSPS) is 34.6. The van der Waals surface area contributed by atoms with Gasteiger partial charge in [-0.2, -0.15) is 0 Å². The highest BCUT2D eigenvalue weighted by molar-refractivity contribution is 6.01. The van der Waals surface area contributed by atoms with Crippen LogP contribution in [0, 0.1) is 23.7 Å². The molecule has 3 fully saturated rings. The van der Waals surface area contributed by atoms with Crippen molar-refractivity contribution in [1.82, 2.24) is 9.80 Å². The van der Waals surface area contributed by atoms with Crippen LogP contribution in [0.5, 0.6) is 0 Å². The van der Waals surface area contributed by atoms with E-state index in [1.54, 1.807) is 4.90 Å². The molecule has 3 amide bonds. The lowest BCUT2D eigenvalue weighted by molar-refractivity contribution is -0.146. The zero-order chi connectivity index (χ0) is 19.3. The number of imide groups is 1. The average Bonchev–Trinajstić information content (AvgIpc) is 2.99. The maximum Gasteiger partial charge on any atom is 0.410 e. The lowest BCUT2D eigenvalue weighted by Gasteiger charge is -2.25. The van der Waals surface area contributed by atoms with Crippen LogP contribution in [0.1, 0.15) is 32.8 Å². The van der Waals surface area contributed by atoms with Crippen LogP contribution in [0.2, 0.25) is 0 Å². The molecular weight excluding hydrogens is 344 g/mol. The Bertz CT molecular complexity index is 757. The number of hydrogen-bond acceptors (Lipinski definition) is 4. The van der Waals surface area contributed by atoms with Gasteiger partial charge in [-0.15, -0.1) is 0 Å². The number of rotatable bonds is 3. The SMILES string of the molecule is C[C@@H]1C(=O)N(C(=O)C2[C@H](C)[C@H]2C)[C@H]2CCN(C(=O)OCc3ccccc3)[C@H]12. The van der Waals surface area contributed by atoms with Gasteiger partial charge < -0.3 is 9.64 Å². The number of nitrogens with zero attached hydrogens (tertiary/aromatic N) is 2. The van der Waals surface area contributed by atoms with E-state index in [4.69, 9.17) is 4.74 Å². The maximum absolute atomic E-state index is 12.9. The third kappa shape index (κ3) is 2.91. The Labute approximate surface area is 159 Å². The molecule has 5 atom stereocenters. The summed E-state index contributed by atoms with van der Waals surface area (Å²) in [6.07, 6.45) is 0.219. The van der Waals surface area contributed by atoms with Crippen molar-refractivity contribution in [1.29, 1.82) is 0 Å². The van der Waals surface area contributed by atoms with Crippen LogP contribution in [0.25, 0.3) is 0 Å². The number of carbonyl (C=O) groups is 3. The minimum atomic E-state index is -0.409. The quantitative estimate of drug-likeness (QED) is 0.767. The van der Waals surface area contributed by atoms with Crippen molar-refractivity contribution < 1.29 is 19.1 Å². The Morgan fingerprint density at radius 2 is 1.78 bits per heavy atom. The van der Waals surface area contributed by atoms with E-state index in [-0.39, 0.29) is 42.3 Å². The average molecular weight is 370 g/mol. The Morgan fingerprint density at radius 1 is 1.11 bits per heavy atom. The van der Waals surface area contributed by atoms with E-state index < -0.39 is 6.09 Å². The molecule has 0 spiro atoms. The summed E-state index contributed by atoms with van der Waals surface area (Å²) in [6, 6.07) is 9.01. The van der Waals surface area contributed by atoms with E-state index in [1.807, 2.05) is 37.3 Å². The molecule has 0 aromatic heterocycles. The molecule has 4 rings (SSSR count). The summed E-state index contributed by atoms with van der Waals surface area (Å²) in [4.78, 5) is 41.4. The zero-order valence-electron chi connectivity index (χ0n) is 16.0. The Balaban J connectivity index is 1.45. The van der Waals surface area contributed by atoms with Crippen molar-refractivity contribution in [2.24, 2.45) is 23.7 Å². The number of fused-ring (bicyclic) bond motifs is 1. The van der Waals surface area contributed by atoms with Crippen LogP contribution in [-0.2, 0) is 20.9 Å². The van der Waals surface area contributed by atoms with Crippen LogP contribution >= 0.6 is 0 Å². The molecule has 1 aromatic rings. The van der Waals surface area contributed by atoms with Gasteiger partial charge in [0.25, 0.3) is 0 Å². The van der Waals surface area contributed by atoms with Gasteiger partial charge in [0, 0.05) is 12.5 Å². The summed E-state index contributed by atoms with van der Waals surface area (Å²) < 4.78 is 5.47. The fourth-order valence-corrected chi connectivity index (χ4v) is 4.77. The minimum Gasteiger partial charge on any atom is -0.445 e. The Hall–Kier alpha value is -2.37. The molecule has 1 aromatic carbocycles. The predicted molar refractivity (Wildman–Crippen MR) is 98.4 cm³/mol. The van der Waals surface area contributed by atoms with Gasteiger partial charge in [0.1, 0.15) is 6.61 Å². The molecule has 1 saturated carbocycles. The van der Waals surface area contributed by atoms with Crippen LogP contribution in [0.15, 0.2) is 30.3 Å². The fraction of sp³-hybridized carbons (Fsp3) is 0.571. The highest BCUT2D eigenvalue weighted by Gasteiger charge is 2.59. The summed E-state index contributed by atoms with van der Waals surface area (Å²) >= 11 is 0. The summed E-state index contributed by atoms with van der Waals surface area (Å²) in [6.45, 7) is 6.64. The largest absolute Gasteiger partial charge is 0.445 e. The highest BCUT2D eigenvalue weighted by Crippen LogP contribution is 2.48. The van der Waals surface area contributed by atoms with Crippen LogP contribution in [0.4, 0.5) is 4.79 Å². The van der Waals surface area contributed by atoms with Crippen LogP contribution in [-0.4, -0.2) is 46.3 Å². The lowest BCUT2D eigenvalue weighted by atomic mass is 10.0. The first-order chi connectivity index (χ1) is 12.9. The van der Waals surface area contributed by atoms with Gasteiger partial charge >= 0.3 is 6.09 Å². The van der Waals surface area contributed by atoms with Crippen molar-refractivity contribution >= 4 is 17.9 Å². The first-order valence-electron chi connectivity index (χ1n) is 9.76. The topological polar surface area (TPSA) is 66.9 Å². The van der Waals surface area contributed by atoms with E-state index in [2.05, 4.69) is 13.8 Å². The standard InChI is InChI=1S/C21H26N2O4/c1-12-13(2)17(12)20(25)23-16-9-10-22(18(16)14(3)19(23)24)21(26)27-11-15-7-5-4-6-8-15/h4-8,12-14,16-18H,9-11H2,1-3H3/t12-,13-,14+,16+,18-/m1/s1. The predicted octanol–water partition coefficient (Wildman–Crippen LogP) is 2.67. The molecule has 2 saturated heterocycles. The van der Waals surface area contributed by atoms with Crippen molar-refractivity contribution in [3.63, 3.8) is 0 Å². The molecule has 144 valence electrons. The second-order valence-electron chi connectivity index (χ2n) is 8.16. The molecule has 0 radical (unpaired) electrons. The summed E-state index contributed by atoms with van der Waals surface area (Å²) in [5.74, 6) is 0.00998. The molecule has 2 aliphatic heterocycles. The fourth-order valence-electron chi connectivity index (χ4n) is 4.77. The van der Waals surface area contributed by atoms with Gasteiger partial charge in [-0.05, 0) is 23.8 Å². The molecule has 0 unspecified atom stereocenters. The Kier molecular flexibility index (Phi) is 4.44. The molecule has 1 aliphatic carbocycles. The van der Waals surface area contributed by atoms with E-state index >= 15 is 0 Å². The summed E-state index contributed by atoms with van der Waals surface area (Å²) in [5.41, 5.74) is 0.922. The van der Waals surface area contributed by atoms with Crippen LogP contribution in [0.3, 0.4) is 0 Å². The third-order valence-electron chi connectivity index (χ3n) is 6.67. The third-order valence-corrected chi connectivity index (χ3v) is 6.67. The smallest absolute Gasteiger partial charge is 0.410 e. The van der Waals surface area contributed by atoms with Crippen LogP contribution < -0.4 is 0 Å². The van der Waals surface area contributed by atoms with Gasteiger partial charge in [-0.25, -0.2) is 4.79 Å². The number of hydrogen-bond donors (Lipinski definition) is 0. The van der Waals surface area contributed by atoms with E-state index in [0.717, 1.165) is 5.56 Å². The number of benzene rings is 1. The number of carbonyl (C=O) groups excluding carboxylic acids is 3. The monoisotopic (exact) mass is 370 g/mol. The van der Waals surface area contributed by atoms with Gasteiger partial charge in [-0.3, -0.25) is 14.5 Å². The molecule has 3 aliphatic rings. The summed E-state index contributed by atoms with van der Waals surface area (Å²) in [5, 5.41) is 0. The van der Waals surface area contributed by atoms with Crippen molar-refractivity contribution in [2.75, 3.05) is 6.54 Å². The number of ether oxygens (including phenoxy) is 1. The molecule has 6 heteroatoms. The molecule has 6 nitrogen and oxygen atoms in total. The molecular formula is C21H26N2O4. The molecule has 0 bridgehead atoms. The van der Waals surface area contributed by atoms with Gasteiger partial charge in [0.05, 0.1) is 18.0 Å². The van der Waals surface area contributed by atoms with Gasteiger partial charge in [0.15, 0.2) is 0 Å². The second-order valence-corrected chi connectivity index (χ2v) is 8.16. The first kappa shape index (κ1) is 18.0. The van der Waals surface area contributed by atoms with E-state index in [1.165, 1.54) is 4.90 Å². The number of likely N-dealkylation sites (tertiary alicyclic amines) is 2. The summed E-state index contributed by atoms with van der Waals surface area (Å²) in [7, 11) is 0. The lowest BCUT2D eigenvalue weighted by Crippen LogP contribution is -2.43. The van der Waals surface area contributed by atoms with Crippen molar-refractivity contribution in [2.45, 2.75) is 45.9 Å². The van der Waals surface area contributed by atoms with Gasteiger partial charge in [0.2, 0.25) is 11.8 Å². The zero-order valence-corrected chi connectivity index (χ0v) is 16.0. The molecule has 27 heavy (non-hydrogen) atoms. The molecule has 0 N–H and O–H groups in total. The van der Waals surface area contributed by atoms with Crippen molar-refractivity contribution in [3.05, 3.63) is 35.9 Å². The van der Waals surface area contributed by atoms with E-state index in [9.17, 15) is 14.4 Å². The molecule has 2 heterocycles.